The van der Waals surface area contributed by atoms with Crippen molar-refractivity contribution >= 4 is 35.1 Å². The number of rotatable bonds is 2. The molecule has 3 aliphatic rings. The summed E-state index contributed by atoms with van der Waals surface area (Å²) in [5.41, 5.74) is 4.96. The van der Waals surface area contributed by atoms with Crippen molar-refractivity contribution in [3.63, 3.8) is 0 Å². The van der Waals surface area contributed by atoms with E-state index < -0.39 is 0 Å². The van der Waals surface area contributed by atoms with E-state index in [1.54, 1.807) is 12.3 Å². The number of phenolic OH excluding ortho intramolecular Hbond substituents is 1. The van der Waals surface area contributed by atoms with Crippen LogP contribution in [0.2, 0.25) is 10.0 Å². The lowest BCUT2D eigenvalue weighted by Gasteiger charge is -2.49. The van der Waals surface area contributed by atoms with Crippen LogP contribution in [0.25, 0.3) is 0 Å². The molecule has 0 unspecified atom stereocenters. The molecule has 0 saturated heterocycles. The molecule has 0 bridgehead atoms. The van der Waals surface area contributed by atoms with Gasteiger partial charge in [-0.2, -0.15) is 10.2 Å². The highest BCUT2D eigenvalue weighted by Crippen LogP contribution is 2.60. The van der Waals surface area contributed by atoms with Gasteiger partial charge in [-0.1, -0.05) is 48.3 Å². The van der Waals surface area contributed by atoms with Gasteiger partial charge in [-0.15, -0.1) is 0 Å². The number of halogens is 2. The van der Waals surface area contributed by atoms with Gasteiger partial charge in [0.15, 0.2) is 0 Å². The fraction of sp³-hybridized carbons (Fsp3) is 0.440. The molecule has 30 heavy (non-hydrogen) atoms. The first-order valence-corrected chi connectivity index (χ1v) is 11.6. The summed E-state index contributed by atoms with van der Waals surface area (Å²) < 4.78 is 0. The molecule has 2 saturated carbocycles. The summed E-state index contributed by atoms with van der Waals surface area (Å²) in [4.78, 5) is 0. The number of aryl methyl sites for hydroxylation is 1. The monoisotopic (exact) mass is 440 g/mol. The first kappa shape index (κ1) is 20.1. The molecule has 4 atom stereocenters. The quantitative estimate of drug-likeness (QED) is 0.395. The van der Waals surface area contributed by atoms with Crippen molar-refractivity contribution in [1.29, 1.82) is 0 Å². The Kier molecular flexibility index (Phi) is 5.15. The molecule has 5 heteroatoms. The zero-order valence-corrected chi connectivity index (χ0v) is 18.6. The predicted octanol–water partition coefficient (Wildman–Crippen LogP) is 7.03. The smallest absolute Gasteiger partial charge is 0.115 e. The van der Waals surface area contributed by atoms with E-state index in [9.17, 15) is 5.11 Å². The van der Waals surface area contributed by atoms with Crippen molar-refractivity contribution in [2.75, 3.05) is 0 Å². The van der Waals surface area contributed by atoms with Crippen LogP contribution in [0.1, 0.15) is 61.6 Å². The Labute approximate surface area is 187 Å². The van der Waals surface area contributed by atoms with E-state index in [0.717, 1.165) is 24.8 Å². The molecular weight excluding hydrogens is 415 g/mol. The summed E-state index contributed by atoms with van der Waals surface area (Å²) in [7, 11) is 0. The fourth-order valence-corrected chi connectivity index (χ4v) is 6.66. The number of hydrogen-bond acceptors (Lipinski definition) is 3. The van der Waals surface area contributed by atoms with Gasteiger partial charge in [0.05, 0.1) is 16.3 Å². The van der Waals surface area contributed by atoms with Crippen molar-refractivity contribution in [2.24, 2.45) is 27.5 Å². The minimum atomic E-state index is 0.130. The molecule has 3 nitrogen and oxygen atoms in total. The number of aromatic hydroxyl groups is 1. The average Bonchev–Trinajstić information content (AvgIpc) is 3.07. The first-order valence-electron chi connectivity index (χ1n) is 10.8. The number of hydrogen-bond donors (Lipinski definition) is 1. The number of phenols is 1. The molecule has 2 aromatic carbocycles. The number of benzene rings is 2. The second-order valence-electron chi connectivity index (χ2n) is 9.23. The fourth-order valence-electron chi connectivity index (χ4n) is 6.30. The highest BCUT2D eigenvalue weighted by atomic mass is 35.5. The third-order valence-electron chi connectivity index (χ3n) is 7.81. The lowest BCUT2D eigenvalue weighted by molar-refractivity contribution is 0.0955. The molecule has 0 spiro atoms. The summed E-state index contributed by atoms with van der Waals surface area (Å²) in [6.45, 7) is 2.40. The van der Waals surface area contributed by atoms with Crippen LogP contribution in [-0.2, 0) is 6.42 Å². The Morgan fingerprint density at radius 3 is 2.83 bits per heavy atom. The van der Waals surface area contributed by atoms with Gasteiger partial charge in [0.2, 0.25) is 0 Å². The molecule has 2 fully saturated rings. The van der Waals surface area contributed by atoms with Crippen LogP contribution < -0.4 is 0 Å². The summed E-state index contributed by atoms with van der Waals surface area (Å²) in [6, 6.07) is 11.5. The number of fused-ring (bicyclic) bond motifs is 5. The van der Waals surface area contributed by atoms with Crippen LogP contribution in [0.5, 0.6) is 5.75 Å². The largest absolute Gasteiger partial charge is 0.508 e. The van der Waals surface area contributed by atoms with Gasteiger partial charge < -0.3 is 5.11 Å². The second kappa shape index (κ2) is 7.69. The molecule has 0 aliphatic heterocycles. The van der Waals surface area contributed by atoms with E-state index in [-0.39, 0.29) is 5.41 Å². The molecule has 2 aromatic rings. The summed E-state index contributed by atoms with van der Waals surface area (Å²) in [5, 5.41) is 20.0. The molecule has 156 valence electrons. The Bertz CT molecular complexity index is 1050. The summed E-state index contributed by atoms with van der Waals surface area (Å²) in [6.07, 6.45) is 8.52. The minimum Gasteiger partial charge on any atom is -0.508 e. The third kappa shape index (κ3) is 3.27. The van der Waals surface area contributed by atoms with Gasteiger partial charge in [0.1, 0.15) is 5.75 Å². The summed E-state index contributed by atoms with van der Waals surface area (Å²) >= 11 is 12.4. The zero-order valence-electron chi connectivity index (χ0n) is 17.1. The Hall–Kier alpha value is -1.84. The van der Waals surface area contributed by atoms with Gasteiger partial charge in [0, 0.05) is 16.7 Å². The van der Waals surface area contributed by atoms with Crippen LogP contribution in [0.4, 0.5) is 0 Å². The molecule has 5 rings (SSSR count). The maximum Gasteiger partial charge on any atom is 0.115 e. The topological polar surface area (TPSA) is 45.0 Å². The van der Waals surface area contributed by atoms with E-state index in [0.29, 0.717) is 33.5 Å². The van der Waals surface area contributed by atoms with Gasteiger partial charge in [-0.25, -0.2) is 0 Å². The molecule has 1 N–H and O–H groups in total. The van der Waals surface area contributed by atoms with Gasteiger partial charge >= 0.3 is 0 Å². The SMILES string of the molecule is C[C@@]12CC[C@@H]3c4ccc(O)cc4CC[C@@H]3[C@@H]1CC/C2=N/N=C\c1cccc(Cl)c1Cl. The van der Waals surface area contributed by atoms with Crippen molar-refractivity contribution in [1.82, 2.24) is 0 Å². The van der Waals surface area contributed by atoms with Crippen LogP contribution in [-0.4, -0.2) is 17.0 Å². The summed E-state index contributed by atoms with van der Waals surface area (Å²) in [5.74, 6) is 2.35. The molecule has 0 aromatic heterocycles. The molecule has 0 radical (unpaired) electrons. The lowest BCUT2D eigenvalue weighted by Crippen LogP contribution is -2.42. The van der Waals surface area contributed by atoms with Gasteiger partial charge in [-0.3, -0.25) is 0 Å². The van der Waals surface area contributed by atoms with Crippen LogP contribution >= 0.6 is 23.2 Å². The van der Waals surface area contributed by atoms with E-state index in [1.807, 2.05) is 24.3 Å². The first-order chi connectivity index (χ1) is 14.5. The normalized spacial score (nSPS) is 31.6. The molecule has 3 aliphatic carbocycles. The van der Waals surface area contributed by atoms with Crippen molar-refractivity contribution in [3.05, 3.63) is 63.1 Å². The van der Waals surface area contributed by atoms with Gasteiger partial charge in [-0.05, 0) is 85.6 Å². The Balaban J connectivity index is 1.39. The maximum atomic E-state index is 9.86. The van der Waals surface area contributed by atoms with Crippen molar-refractivity contribution in [3.8, 4) is 5.75 Å². The third-order valence-corrected chi connectivity index (χ3v) is 8.64. The second-order valence-corrected chi connectivity index (χ2v) is 10.0. The van der Waals surface area contributed by atoms with Gasteiger partial charge in [0.25, 0.3) is 0 Å². The van der Waals surface area contributed by atoms with Crippen LogP contribution in [0.15, 0.2) is 46.6 Å². The Morgan fingerprint density at radius 2 is 1.97 bits per heavy atom. The van der Waals surface area contributed by atoms with E-state index in [2.05, 4.69) is 18.1 Å². The van der Waals surface area contributed by atoms with E-state index in [1.165, 1.54) is 36.1 Å². The zero-order chi connectivity index (χ0) is 20.9. The Morgan fingerprint density at radius 1 is 1.10 bits per heavy atom. The predicted molar refractivity (Wildman–Crippen MR) is 124 cm³/mol. The van der Waals surface area contributed by atoms with Crippen LogP contribution in [0, 0.1) is 17.3 Å². The molecule has 0 amide bonds. The lowest BCUT2D eigenvalue weighted by atomic mass is 9.55. The van der Waals surface area contributed by atoms with Crippen molar-refractivity contribution in [2.45, 2.75) is 51.4 Å². The highest BCUT2D eigenvalue weighted by Gasteiger charge is 2.53. The highest BCUT2D eigenvalue weighted by molar-refractivity contribution is 6.43. The minimum absolute atomic E-state index is 0.130. The van der Waals surface area contributed by atoms with E-state index in [4.69, 9.17) is 28.3 Å². The van der Waals surface area contributed by atoms with Crippen molar-refractivity contribution < 1.29 is 5.11 Å². The number of nitrogens with zero attached hydrogens (tertiary/aromatic N) is 2. The average molecular weight is 441 g/mol. The van der Waals surface area contributed by atoms with Crippen LogP contribution in [0.3, 0.4) is 0 Å². The maximum absolute atomic E-state index is 9.86. The molecular formula is C25H26Cl2N2O. The standard InChI is InChI=1S/C25H26Cl2N2O/c1-25-12-11-19-18-8-6-17(30)13-15(18)5-7-20(19)21(25)9-10-23(25)29-28-14-16-3-2-4-22(26)24(16)27/h2-4,6,8,13-14,19-21,30H,5,7,9-12H2,1H3/b28-14-,29-23-/t19-,20+,21+,25-/m1/s1. The molecule has 0 heterocycles. The van der Waals surface area contributed by atoms with E-state index >= 15 is 0 Å².